The van der Waals surface area contributed by atoms with Crippen LogP contribution in [0.15, 0.2) is 18.2 Å². The van der Waals surface area contributed by atoms with Crippen LogP contribution in [0.3, 0.4) is 0 Å². The lowest BCUT2D eigenvalue weighted by atomic mass is 9.78. The van der Waals surface area contributed by atoms with Gasteiger partial charge < -0.3 is 10.0 Å². The van der Waals surface area contributed by atoms with E-state index in [-0.39, 0.29) is 11.7 Å². The zero-order valence-electron chi connectivity index (χ0n) is 12.1. The summed E-state index contributed by atoms with van der Waals surface area (Å²) in [5, 5.41) is 9.81. The fourth-order valence-corrected chi connectivity index (χ4v) is 3.79. The number of nitrogens with zero attached hydrogens (tertiary/aromatic N) is 1. The molecule has 0 radical (unpaired) electrons. The minimum Gasteiger partial charge on any atom is -0.508 e. The van der Waals surface area contributed by atoms with Crippen molar-refractivity contribution in [2.45, 2.75) is 51.5 Å². The topological polar surface area (TPSA) is 40.5 Å². The Labute approximate surface area is 120 Å². The van der Waals surface area contributed by atoms with E-state index in [0.717, 1.165) is 24.9 Å². The smallest absolute Gasteiger partial charge is 0.254 e. The molecule has 2 atom stereocenters. The third kappa shape index (κ3) is 2.41. The van der Waals surface area contributed by atoms with E-state index in [0.29, 0.717) is 17.5 Å². The highest BCUT2D eigenvalue weighted by atomic mass is 16.3. The van der Waals surface area contributed by atoms with Crippen LogP contribution in [-0.4, -0.2) is 28.5 Å². The second kappa shape index (κ2) is 5.47. The number of aryl methyl sites for hydroxylation is 1. The molecule has 1 aromatic carbocycles. The molecule has 3 heteroatoms. The Morgan fingerprint density at radius 3 is 2.75 bits per heavy atom. The third-order valence-corrected chi connectivity index (χ3v) is 4.96. The van der Waals surface area contributed by atoms with Crippen molar-refractivity contribution in [3.05, 3.63) is 29.3 Å². The average molecular weight is 273 g/mol. The summed E-state index contributed by atoms with van der Waals surface area (Å²) in [5.74, 6) is 1.01. The molecule has 20 heavy (non-hydrogen) atoms. The Morgan fingerprint density at radius 2 is 1.95 bits per heavy atom. The van der Waals surface area contributed by atoms with Crippen LogP contribution in [0.2, 0.25) is 0 Å². The van der Waals surface area contributed by atoms with Gasteiger partial charge in [0, 0.05) is 18.2 Å². The summed E-state index contributed by atoms with van der Waals surface area (Å²) in [6.45, 7) is 2.72. The zero-order valence-corrected chi connectivity index (χ0v) is 12.1. The lowest BCUT2D eigenvalue weighted by Gasteiger charge is -2.44. The molecule has 1 saturated carbocycles. The van der Waals surface area contributed by atoms with Crippen molar-refractivity contribution >= 4 is 5.91 Å². The molecular formula is C17H23NO2. The van der Waals surface area contributed by atoms with Crippen molar-refractivity contribution in [1.29, 1.82) is 0 Å². The Morgan fingerprint density at radius 1 is 1.20 bits per heavy atom. The van der Waals surface area contributed by atoms with Gasteiger partial charge in [-0.2, -0.15) is 0 Å². The van der Waals surface area contributed by atoms with Crippen molar-refractivity contribution < 1.29 is 9.90 Å². The molecule has 1 aliphatic carbocycles. The predicted octanol–water partition coefficient (Wildman–Crippen LogP) is 3.50. The van der Waals surface area contributed by atoms with E-state index in [1.165, 1.54) is 25.7 Å². The number of piperidine rings is 1. The first-order chi connectivity index (χ1) is 9.66. The summed E-state index contributed by atoms with van der Waals surface area (Å²) in [6.07, 6.45) is 7.36. The van der Waals surface area contributed by atoms with Gasteiger partial charge in [0.15, 0.2) is 0 Å². The summed E-state index contributed by atoms with van der Waals surface area (Å²) >= 11 is 0. The van der Waals surface area contributed by atoms with Crippen LogP contribution in [0.5, 0.6) is 5.75 Å². The summed E-state index contributed by atoms with van der Waals surface area (Å²) in [7, 11) is 0. The maximum Gasteiger partial charge on any atom is 0.254 e. The maximum absolute atomic E-state index is 12.7. The van der Waals surface area contributed by atoms with E-state index in [1.54, 1.807) is 6.07 Å². The molecule has 1 aliphatic heterocycles. The average Bonchev–Trinajstić information content (AvgIpc) is 2.49. The van der Waals surface area contributed by atoms with Crippen molar-refractivity contribution in [2.24, 2.45) is 5.92 Å². The Bertz CT molecular complexity index is 510. The molecular weight excluding hydrogens is 250 g/mol. The first kappa shape index (κ1) is 13.5. The number of phenolic OH excluding ortho intramolecular Hbond substituents is 1. The van der Waals surface area contributed by atoms with E-state index < -0.39 is 0 Å². The first-order valence-electron chi connectivity index (χ1n) is 7.77. The summed E-state index contributed by atoms with van der Waals surface area (Å²) in [5.41, 5.74) is 1.44. The first-order valence-corrected chi connectivity index (χ1v) is 7.77. The molecule has 108 valence electrons. The molecule has 1 saturated heterocycles. The largest absolute Gasteiger partial charge is 0.508 e. The van der Waals surface area contributed by atoms with Gasteiger partial charge in [0.1, 0.15) is 5.75 Å². The van der Waals surface area contributed by atoms with E-state index in [9.17, 15) is 9.90 Å². The molecule has 1 aromatic rings. The predicted molar refractivity (Wildman–Crippen MR) is 78.9 cm³/mol. The van der Waals surface area contributed by atoms with Crippen LogP contribution < -0.4 is 0 Å². The van der Waals surface area contributed by atoms with E-state index >= 15 is 0 Å². The van der Waals surface area contributed by atoms with Crippen molar-refractivity contribution in [1.82, 2.24) is 4.90 Å². The highest BCUT2D eigenvalue weighted by molar-refractivity contribution is 5.95. The number of hydrogen-bond donors (Lipinski definition) is 1. The molecule has 1 amide bonds. The van der Waals surface area contributed by atoms with Gasteiger partial charge in [-0.1, -0.05) is 18.9 Å². The molecule has 1 heterocycles. The fraction of sp³-hybridized carbons (Fsp3) is 0.588. The number of carbonyl (C=O) groups excluding carboxylic acids is 1. The van der Waals surface area contributed by atoms with Crippen molar-refractivity contribution in [3.63, 3.8) is 0 Å². The molecule has 3 rings (SSSR count). The number of benzene rings is 1. The Hall–Kier alpha value is -1.51. The molecule has 3 nitrogen and oxygen atoms in total. The molecule has 2 aliphatic rings. The van der Waals surface area contributed by atoms with E-state index in [1.807, 2.05) is 19.1 Å². The highest BCUT2D eigenvalue weighted by Crippen LogP contribution is 2.36. The van der Waals surface area contributed by atoms with Gasteiger partial charge in [0.2, 0.25) is 0 Å². The standard InChI is InChI=1S/C17H23NO2/c1-12-8-9-14(11-16(12)19)17(20)18-10-4-6-13-5-2-3-7-15(13)18/h8-9,11,13,15,19H,2-7,10H2,1H3. The molecule has 0 bridgehead atoms. The quantitative estimate of drug-likeness (QED) is 0.850. The van der Waals surface area contributed by atoms with Gasteiger partial charge in [-0.15, -0.1) is 0 Å². The number of likely N-dealkylation sites (tertiary alicyclic amines) is 1. The molecule has 0 aromatic heterocycles. The summed E-state index contributed by atoms with van der Waals surface area (Å²) in [4.78, 5) is 14.8. The van der Waals surface area contributed by atoms with Gasteiger partial charge in [-0.3, -0.25) is 4.79 Å². The Balaban J connectivity index is 1.83. The van der Waals surface area contributed by atoms with Gasteiger partial charge in [0.25, 0.3) is 5.91 Å². The van der Waals surface area contributed by atoms with Crippen LogP contribution in [0.4, 0.5) is 0 Å². The van der Waals surface area contributed by atoms with Gasteiger partial charge in [0.05, 0.1) is 0 Å². The number of carbonyl (C=O) groups is 1. The number of hydrogen-bond acceptors (Lipinski definition) is 2. The maximum atomic E-state index is 12.7. The second-order valence-corrected chi connectivity index (χ2v) is 6.25. The van der Waals surface area contributed by atoms with Crippen LogP contribution >= 0.6 is 0 Å². The van der Waals surface area contributed by atoms with Gasteiger partial charge in [-0.25, -0.2) is 0 Å². The minimum atomic E-state index is 0.0944. The second-order valence-electron chi connectivity index (χ2n) is 6.25. The number of rotatable bonds is 1. The summed E-state index contributed by atoms with van der Waals surface area (Å²) < 4.78 is 0. The van der Waals surface area contributed by atoms with Crippen LogP contribution in [-0.2, 0) is 0 Å². The summed E-state index contributed by atoms with van der Waals surface area (Å²) in [6, 6.07) is 5.70. The van der Waals surface area contributed by atoms with Crippen molar-refractivity contribution in [3.8, 4) is 5.75 Å². The highest BCUT2D eigenvalue weighted by Gasteiger charge is 2.35. The lowest BCUT2D eigenvalue weighted by Crippen LogP contribution is -2.49. The molecule has 1 N–H and O–H groups in total. The SMILES string of the molecule is Cc1ccc(C(=O)N2CCCC3CCCCC32)cc1O. The van der Waals surface area contributed by atoms with Crippen LogP contribution in [0, 0.1) is 12.8 Å². The molecule has 2 fully saturated rings. The zero-order chi connectivity index (χ0) is 14.1. The van der Waals surface area contributed by atoms with Crippen LogP contribution in [0.1, 0.15) is 54.4 Å². The monoisotopic (exact) mass is 273 g/mol. The minimum absolute atomic E-state index is 0.0944. The fourth-order valence-electron chi connectivity index (χ4n) is 3.79. The van der Waals surface area contributed by atoms with Crippen LogP contribution in [0.25, 0.3) is 0 Å². The normalized spacial score (nSPS) is 26.1. The van der Waals surface area contributed by atoms with Gasteiger partial charge >= 0.3 is 0 Å². The molecule has 2 unspecified atom stereocenters. The number of amides is 1. The van der Waals surface area contributed by atoms with E-state index in [4.69, 9.17) is 0 Å². The number of fused-ring (bicyclic) bond motifs is 1. The Kier molecular flexibility index (Phi) is 3.68. The third-order valence-electron chi connectivity index (χ3n) is 4.96. The van der Waals surface area contributed by atoms with Gasteiger partial charge in [-0.05, 0) is 56.2 Å². The number of phenols is 1. The lowest BCUT2D eigenvalue weighted by molar-refractivity contribution is 0.0390. The van der Waals surface area contributed by atoms with Crippen molar-refractivity contribution in [2.75, 3.05) is 6.54 Å². The number of aromatic hydroxyl groups is 1. The van der Waals surface area contributed by atoms with E-state index in [2.05, 4.69) is 4.90 Å². The molecule has 0 spiro atoms.